The van der Waals surface area contributed by atoms with Gasteiger partial charge in [-0.25, -0.2) is 0 Å². The quantitative estimate of drug-likeness (QED) is 0.716. The van der Waals surface area contributed by atoms with Crippen LogP contribution in [-0.2, 0) is 22.1 Å². The summed E-state index contributed by atoms with van der Waals surface area (Å²) in [6.45, 7) is 3.44. The van der Waals surface area contributed by atoms with Crippen LogP contribution in [0, 0.1) is 0 Å². The van der Waals surface area contributed by atoms with Gasteiger partial charge in [0.1, 0.15) is 0 Å². The highest BCUT2D eigenvalue weighted by Gasteiger charge is 2.10. The van der Waals surface area contributed by atoms with Gasteiger partial charge in [0, 0.05) is 0 Å². The first-order valence-electron chi connectivity index (χ1n) is 6.69. The molecule has 0 heterocycles. The molecule has 2 aromatic rings. The summed E-state index contributed by atoms with van der Waals surface area (Å²) in [6.07, 6.45) is 0. The summed E-state index contributed by atoms with van der Waals surface area (Å²) in [5, 5.41) is 0. The highest BCUT2D eigenvalue weighted by molar-refractivity contribution is 6.44. The lowest BCUT2D eigenvalue weighted by molar-refractivity contribution is 0.182. The zero-order valence-corrected chi connectivity index (χ0v) is 12.4. The molecule has 0 amide bonds. The van der Waals surface area contributed by atoms with Crippen molar-refractivity contribution < 1.29 is 8.85 Å². The highest BCUT2D eigenvalue weighted by Crippen LogP contribution is 2.08. The maximum atomic E-state index is 5.92. The van der Waals surface area contributed by atoms with Gasteiger partial charge < -0.3 is 8.85 Å². The van der Waals surface area contributed by atoms with Gasteiger partial charge in [-0.05, 0) is 17.2 Å². The molecule has 0 saturated carbocycles. The van der Waals surface area contributed by atoms with Crippen LogP contribution in [0.3, 0.4) is 0 Å². The second-order valence-corrected chi connectivity index (χ2v) is 6.77. The molecule has 0 fully saturated rings. The van der Waals surface area contributed by atoms with Crippen LogP contribution in [0.4, 0.5) is 0 Å². The van der Waals surface area contributed by atoms with Crippen LogP contribution >= 0.6 is 0 Å². The Morgan fingerprint density at radius 2 is 1.16 bits per heavy atom. The van der Waals surface area contributed by atoms with Crippen molar-refractivity contribution in [2.24, 2.45) is 0 Å². The molecule has 0 aliphatic carbocycles. The van der Waals surface area contributed by atoms with Crippen LogP contribution in [0.25, 0.3) is 0 Å². The standard InChI is InChI=1S/C16H20O2Si/c1-2-19(17-13-15-9-5-3-6-10-15)18-14-16-11-7-4-8-12-16/h3-12,19H,2,13-14H2,1H3. The Bertz CT molecular complexity index is 415. The van der Waals surface area contributed by atoms with Gasteiger partial charge in [-0.3, -0.25) is 0 Å². The van der Waals surface area contributed by atoms with Crippen molar-refractivity contribution in [1.82, 2.24) is 0 Å². The fraction of sp³-hybridized carbons (Fsp3) is 0.250. The van der Waals surface area contributed by atoms with Crippen LogP contribution in [0.15, 0.2) is 60.7 Å². The molecule has 2 rings (SSSR count). The summed E-state index contributed by atoms with van der Waals surface area (Å²) < 4.78 is 11.8. The van der Waals surface area contributed by atoms with Crippen LogP contribution in [0.1, 0.15) is 18.1 Å². The van der Waals surface area contributed by atoms with E-state index in [0.717, 1.165) is 6.04 Å². The minimum Gasteiger partial charge on any atom is -0.392 e. The summed E-state index contributed by atoms with van der Waals surface area (Å²) in [4.78, 5) is 0. The molecule has 0 radical (unpaired) electrons. The van der Waals surface area contributed by atoms with Crippen molar-refractivity contribution in [3.8, 4) is 0 Å². The van der Waals surface area contributed by atoms with Crippen molar-refractivity contribution in [1.29, 1.82) is 0 Å². The Hall–Kier alpha value is -1.42. The predicted octanol–water partition coefficient (Wildman–Crippen LogP) is 3.66. The predicted molar refractivity (Wildman–Crippen MR) is 80.1 cm³/mol. The zero-order valence-electron chi connectivity index (χ0n) is 11.3. The monoisotopic (exact) mass is 272 g/mol. The second kappa shape index (κ2) is 7.89. The SMILES string of the molecule is CC[SiH](OCc1ccccc1)OCc1ccccc1. The van der Waals surface area contributed by atoms with Crippen molar-refractivity contribution in [2.45, 2.75) is 26.2 Å². The maximum Gasteiger partial charge on any atom is 0.321 e. The van der Waals surface area contributed by atoms with Crippen LogP contribution < -0.4 is 0 Å². The number of rotatable bonds is 7. The summed E-state index contributed by atoms with van der Waals surface area (Å²) in [6, 6.07) is 21.5. The third-order valence-corrected chi connectivity index (χ3v) is 4.63. The van der Waals surface area contributed by atoms with E-state index in [2.05, 4.69) is 31.2 Å². The lowest BCUT2D eigenvalue weighted by Crippen LogP contribution is -2.21. The number of hydrogen-bond donors (Lipinski definition) is 0. The van der Waals surface area contributed by atoms with Crippen molar-refractivity contribution in [3.63, 3.8) is 0 Å². The van der Waals surface area contributed by atoms with E-state index in [1.54, 1.807) is 0 Å². The summed E-state index contributed by atoms with van der Waals surface area (Å²) >= 11 is 0. The Balaban J connectivity index is 1.77. The van der Waals surface area contributed by atoms with Crippen LogP contribution in [-0.4, -0.2) is 9.28 Å². The molecule has 2 nitrogen and oxygen atoms in total. The largest absolute Gasteiger partial charge is 0.392 e. The molecule has 0 atom stereocenters. The molecule has 100 valence electrons. The lowest BCUT2D eigenvalue weighted by Gasteiger charge is -2.15. The molecule has 0 spiro atoms. The van der Waals surface area contributed by atoms with Gasteiger partial charge >= 0.3 is 9.28 Å². The summed E-state index contributed by atoms with van der Waals surface area (Å²) in [5.41, 5.74) is 2.41. The molecular formula is C16H20O2Si. The molecule has 0 saturated heterocycles. The molecular weight excluding hydrogens is 252 g/mol. The number of hydrogen-bond acceptors (Lipinski definition) is 2. The van der Waals surface area contributed by atoms with Gasteiger partial charge in [0.05, 0.1) is 13.2 Å². The summed E-state index contributed by atoms with van der Waals surface area (Å²) in [5.74, 6) is 0. The Morgan fingerprint density at radius 1 is 0.737 bits per heavy atom. The fourth-order valence-electron chi connectivity index (χ4n) is 1.81. The maximum absolute atomic E-state index is 5.92. The first kappa shape index (κ1) is 14.0. The molecule has 2 aromatic carbocycles. The second-order valence-electron chi connectivity index (χ2n) is 4.43. The van der Waals surface area contributed by atoms with Gasteiger partial charge in [-0.15, -0.1) is 0 Å². The molecule has 0 aliphatic heterocycles. The molecule has 0 bridgehead atoms. The summed E-state index contributed by atoms with van der Waals surface area (Å²) in [7, 11) is -1.55. The van der Waals surface area contributed by atoms with E-state index in [1.807, 2.05) is 36.4 Å². The lowest BCUT2D eigenvalue weighted by atomic mass is 10.2. The van der Waals surface area contributed by atoms with E-state index in [-0.39, 0.29) is 0 Å². The average molecular weight is 272 g/mol. The van der Waals surface area contributed by atoms with E-state index in [9.17, 15) is 0 Å². The molecule has 0 N–H and O–H groups in total. The normalized spacial score (nSPS) is 10.8. The fourth-order valence-corrected chi connectivity index (χ4v) is 3.13. The van der Waals surface area contributed by atoms with E-state index < -0.39 is 9.28 Å². The Kier molecular flexibility index (Phi) is 5.81. The van der Waals surface area contributed by atoms with Gasteiger partial charge in [0.2, 0.25) is 0 Å². The highest BCUT2D eigenvalue weighted by atomic mass is 28.3. The van der Waals surface area contributed by atoms with E-state index in [1.165, 1.54) is 11.1 Å². The first-order chi connectivity index (χ1) is 9.38. The van der Waals surface area contributed by atoms with Crippen molar-refractivity contribution >= 4 is 9.28 Å². The molecule has 0 aromatic heterocycles. The van der Waals surface area contributed by atoms with Crippen LogP contribution in [0.2, 0.25) is 6.04 Å². The van der Waals surface area contributed by atoms with Gasteiger partial charge in [0.15, 0.2) is 0 Å². The van der Waals surface area contributed by atoms with E-state index >= 15 is 0 Å². The van der Waals surface area contributed by atoms with Gasteiger partial charge in [-0.2, -0.15) is 0 Å². The van der Waals surface area contributed by atoms with Crippen LogP contribution in [0.5, 0.6) is 0 Å². The minimum atomic E-state index is -1.55. The first-order valence-corrected chi connectivity index (χ1v) is 8.45. The third-order valence-electron chi connectivity index (χ3n) is 2.89. The zero-order chi connectivity index (χ0) is 13.3. The van der Waals surface area contributed by atoms with Crippen molar-refractivity contribution in [3.05, 3.63) is 71.8 Å². The molecule has 0 unspecified atom stereocenters. The average Bonchev–Trinajstić information content (AvgIpc) is 2.49. The Morgan fingerprint density at radius 3 is 1.53 bits per heavy atom. The Labute approximate surface area is 116 Å². The number of benzene rings is 2. The van der Waals surface area contributed by atoms with Gasteiger partial charge in [-0.1, -0.05) is 67.6 Å². The molecule has 3 heteroatoms. The van der Waals surface area contributed by atoms with E-state index in [4.69, 9.17) is 8.85 Å². The topological polar surface area (TPSA) is 18.5 Å². The van der Waals surface area contributed by atoms with E-state index in [0.29, 0.717) is 13.2 Å². The minimum absolute atomic E-state index is 0.653. The molecule has 19 heavy (non-hydrogen) atoms. The van der Waals surface area contributed by atoms with Crippen molar-refractivity contribution in [2.75, 3.05) is 0 Å². The smallest absolute Gasteiger partial charge is 0.321 e. The van der Waals surface area contributed by atoms with Gasteiger partial charge in [0.25, 0.3) is 0 Å². The third kappa shape index (κ3) is 4.99. The molecule has 0 aliphatic rings.